The molecule has 1 aromatic rings. The topological polar surface area (TPSA) is 39.1 Å². The molecule has 76 valence electrons. The number of nitrogens with one attached hydrogen (secondary N) is 1. The van der Waals surface area contributed by atoms with Crippen molar-refractivity contribution in [2.24, 2.45) is 7.05 Å². The monoisotopic (exact) mass is 193 g/mol. The van der Waals surface area contributed by atoms with Crippen molar-refractivity contribution in [3.63, 3.8) is 0 Å². The van der Waals surface area contributed by atoms with Gasteiger partial charge >= 0.3 is 0 Å². The van der Waals surface area contributed by atoms with E-state index in [-0.39, 0.29) is 6.04 Å². The van der Waals surface area contributed by atoms with E-state index in [0.29, 0.717) is 0 Å². The third kappa shape index (κ3) is 1.65. The summed E-state index contributed by atoms with van der Waals surface area (Å²) in [5.74, 6) is 0.992. The number of aryl methyl sites for hydroxylation is 1. The lowest BCUT2D eigenvalue weighted by molar-refractivity contribution is 0.216. The summed E-state index contributed by atoms with van der Waals surface area (Å²) in [7, 11) is 3.84. The Labute approximate surface area is 83.6 Å². The van der Waals surface area contributed by atoms with Gasteiger partial charge in [-0.3, -0.25) is 4.68 Å². The van der Waals surface area contributed by atoms with Gasteiger partial charge in [-0.1, -0.05) is 0 Å². The highest BCUT2D eigenvalue weighted by molar-refractivity contribution is 5.18. The Bertz CT molecular complexity index is 343. The molecule has 4 nitrogen and oxygen atoms in total. The smallest absolute Gasteiger partial charge is 0.115 e. The quantitative estimate of drug-likeness (QED) is 0.778. The molecule has 1 aliphatic rings. The number of nitrogens with zero attached hydrogens (tertiary/aromatic N) is 2. The molecule has 0 amide bonds. The standard InChI is InChI=1S/C10H15N3O/c1-11-10(9-4-3-7-14-9)8-5-6-13(2)12-8/h4-6,10-11H,3,7H2,1-2H3. The first-order valence-electron chi connectivity index (χ1n) is 4.81. The van der Waals surface area contributed by atoms with Gasteiger partial charge < -0.3 is 10.1 Å². The number of hydrogen-bond acceptors (Lipinski definition) is 3. The van der Waals surface area contributed by atoms with E-state index in [1.54, 1.807) is 4.68 Å². The molecule has 2 rings (SSSR count). The summed E-state index contributed by atoms with van der Waals surface area (Å²) in [6.07, 6.45) is 5.06. The normalized spacial score (nSPS) is 17.7. The molecule has 0 aliphatic carbocycles. The number of hydrogen-bond donors (Lipinski definition) is 1. The van der Waals surface area contributed by atoms with E-state index >= 15 is 0 Å². The molecule has 0 aromatic carbocycles. The maximum absolute atomic E-state index is 5.52. The highest BCUT2D eigenvalue weighted by Crippen LogP contribution is 2.24. The fraction of sp³-hybridized carbons (Fsp3) is 0.500. The number of ether oxygens (including phenoxy) is 1. The van der Waals surface area contributed by atoms with E-state index < -0.39 is 0 Å². The zero-order chi connectivity index (χ0) is 9.97. The lowest BCUT2D eigenvalue weighted by Gasteiger charge is -2.14. The molecule has 1 unspecified atom stereocenters. The molecule has 4 heteroatoms. The Morgan fingerprint density at radius 2 is 2.50 bits per heavy atom. The Hall–Kier alpha value is -1.29. The van der Waals surface area contributed by atoms with Crippen LogP contribution in [0, 0.1) is 0 Å². The molecule has 1 aliphatic heterocycles. The average Bonchev–Trinajstić information content (AvgIpc) is 2.79. The first-order chi connectivity index (χ1) is 6.81. The summed E-state index contributed by atoms with van der Waals surface area (Å²) >= 11 is 0. The van der Waals surface area contributed by atoms with Crippen LogP contribution in [0.2, 0.25) is 0 Å². The van der Waals surface area contributed by atoms with Gasteiger partial charge in [-0.15, -0.1) is 0 Å². The van der Waals surface area contributed by atoms with Crippen molar-refractivity contribution in [2.45, 2.75) is 12.5 Å². The third-order valence-electron chi connectivity index (χ3n) is 2.34. The van der Waals surface area contributed by atoms with Crippen molar-refractivity contribution in [2.75, 3.05) is 13.7 Å². The van der Waals surface area contributed by atoms with Gasteiger partial charge in [0, 0.05) is 19.7 Å². The minimum absolute atomic E-state index is 0.0960. The molecule has 1 atom stereocenters. The fourth-order valence-electron chi connectivity index (χ4n) is 1.66. The minimum Gasteiger partial charge on any atom is -0.496 e. The summed E-state index contributed by atoms with van der Waals surface area (Å²) in [5, 5.41) is 7.56. The predicted molar refractivity (Wildman–Crippen MR) is 53.7 cm³/mol. The summed E-state index contributed by atoms with van der Waals surface area (Å²) < 4.78 is 7.32. The highest BCUT2D eigenvalue weighted by atomic mass is 16.5. The van der Waals surface area contributed by atoms with Crippen LogP contribution in [0.3, 0.4) is 0 Å². The first-order valence-corrected chi connectivity index (χ1v) is 4.81. The molecule has 1 N–H and O–H groups in total. The molecular formula is C10H15N3O. The van der Waals surface area contributed by atoms with Gasteiger partial charge in [0.15, 0.2) is 0 Å². The molecule has 1 aromatic heterocycles. The molecule has 0 bridgehead atoms. The lowest BCUT2D eigenvalue weighted by Crippen LogP contribution is -2.19. The van der Waals surface area contributed by atoms with Crippen molar-refractivity contribution < 1.29 is 4.74 Å². The van der Waals surface area contributed by atoms with Crippen LogP contribution in [-0.2, 0) is 11.8 Å². The van der Waals surface area contributed by atoms with Crippen LogP contribution in [0.15, 0.2) is 24.1 Å². The van der Waals surface area contributed by atoms with Gasteiger partial charge in [0.2, 0.25) is 0 Å². The van der Waals surface area contributed by atoms with Crippen LogP contribution in [-0.4, -0.2) is 23.4 Å². The van der Waals surface area contributed by atoms with Crippen molar-refractivity contribution >= 4 is 0 Å². The molecule has 0 saturated carbocycles. The van der Waals surface area contributed by atoms with Gasteiger partial charge in [0.05, 0.1) is 12.3 Å². The first kappa shape index (κ1) is 9.27. The Balaban J connectivity index is 2.20. The van der Waals surface area contributed by atoms with Crippen molar-refractivity contribution in [3.8, 4) is 0 Å². The number of rotatable bonds is 3. The van der Waals surface area contributed by atoms with Gasteiger partial charge in [0.25, 0.3) is 0 Å². The number of aromatic nitrogens is 2. The molecule has 2 heterocycles. The summed E-state index contributed by atoms with van der Waals surface area (Å²) in [5.41, 5.74) is 1.00. The maximum Gasteiger partial charge on any atom is 0.115 e. The van der Waals surface area contributed by atoms with Crippen LogP contribution in [0.5, 0.6) is 0 Å². The second-order valence-corrected chi connectivity index (χ2v) is 3.38. The molecule has 0 saturated heterocycles. The van der Waals surface area contributed by atoms with E-state index in [2.05, 4.69) is 16.5 Å². The van der Waals surface area contributed by atoms with Gasteiger partial charge in [-0.25, -0.2) is 0 Å². The minimum atomic E-state index is 0.0960. The molecule has 0 fully saturated rings. The lowest BCUT2D eigenvalue weighted by atomic mass is 10.1. The third-order valence-corrected chi connectivity index (χ3v) is 2.34. The van der Waals surface area contributed by atoms with Crippen molar-refractivity contribution in [1.29, 1.82) is 0 Å². The SMILES string of the molecule is CNC(C1=CCCO1)c1ccn(C)n1. The van der Waals surface area contributed by atoms with Crippen molar-refractivity contribution in [1.82, 2.24) is 15.1 Å². The highest BCUT2D eigenvalue weighted by Gasteiger charge is 2.20. The summed E-state index contributed by atoms with van der Waals surface area (Å²) in [6.45, 7) is 0.792. The second-order valence-electron chi connectivity index (χ2n) is 3.38. The van der Waals surface area contributed by atoms with Gasteiger partial charge in [-0.05, 0) is 19.2 Å². The molecule has 14 heavy (non-hydrogen) atoms. The zero-order valence-electron chi connectivity index (χ0n) is 8.53. The molecule has 0 spiro atoms. The van der Waals surface area contributed by atoms with Gasteiger partial charge in [0.1, 0.15) is 11.8 Å². The maximum atomic E-state index is 5.52. The molecular weight excluding hydrogens is 178 g/mol. The van der Waals surface area contributed by atoms with Crippen LogP contribution in [0.4, 0.5) is 0 Å². The Morgan fingerprint density at radius 3 is 3.00 bits per heavy atom. The summed E-state index contributed by atoms with van der Waals surface area (Å²) in [6, 6.07) is 2.10. The predicted octanol–water partition coefficient (Wildman–Crippen LogP) is 0.985. The van der Waals surface area contributed by atoms with E-state index in [9.17, 15) is 0 Å². The largest absolute Gasteiger partial charge is 0.496 e. The van der Waals surface area contributed by atoms with Crippen molar-refractivity contribution in [3.05, 3.63) is 29.8 Å². The number of likely N-dealkylation sites (N-methyl/N-ethyl adjacent to an activating group) is 1. The van der Waals surface area contributed by atoms with E-state index in [1.165, 1.54) is 0 Å². The Kier molecular flexibility index (Phi) is 2.54. The summed E-state index contributed by atoms with van der Waals surface area (Å²) in [4.78, 5) is 0. The van der Waals surface area contributed by atoms with Crippen LogP contribution >= 0.6 is 0 Å². The van der Waals surface area contributed by atoms with E-state index in [0.717, 1.165) is 24.5 Å². The zero-order valence-corrected chi connectivity index (χ0v) is 8.53. The fourth-order valence-corrected chi connectivity index (χ4v) is 1.66. The van der Waals surface area contributed by atoms with Crippen LogP contribution < -0.4 is 5.32 Å². The second kappa shape index (κ2) is 3.84. The average molecular weight is 193 g/mol. The van der Waals surface area contributed by atoms with E-state index in [4.69, 9.17) is 4.74 Å². The van der Waals surface area contributed by atoms with Crippen LogP contribution in [0.25, 0.3) is 0 Å². The van der Waals surface area contributed by atoms with E-state index in [1.807, 2.05) is 26.4 Å². The molecule has 0 radical (unpaired) electrons. The Morgan fingerprint density at radius 1 is 1.64 bits per heavy atom. The van der Waals surface area contributed by atoms with Gasteiger partial charge in [-0.2, -0.15) is 5.10 Å². The van der Waals surface area contributed by atoms with Crippen LogP contribution in [0.1, 0.15) is 18.2 Å².